The van der Waals surface area contributed by atoms with Gasteiger partial charge in [0.2, 0.25) is 0 Å². The highest BCUT2D eigenvalue weighted by Gasteiger charge is 2.30. The third kappa shape index (κ3) is 11.2. The fourth-order valence-electron chi connectivity index (χ4n) is 3.95. The van der Waals surface area contributed by atoms with Gasteiger partial charge in [-0.3, -0.25) is 4.79 Å². The minimum atomic E-state index is -4.34. The van der Waals surface area contributed by atoms with Crippen molar-refractivity contribution in [2.75, 3.05) is 6.54 Å². The number of rotatable bonds is 16. The first-order valence-electron chi connectivity index (χ1n) is 12.6. The fraction of sp³-hybridized carbons (Fsp3) is 0.536. The van der Waals surface area contributed by atoms with Gasteiger partial charge in [0, 0.05) is 25.2 Å². The number of unbranched alkanes of at least 4 members (excludes halogenated alkanes) is 9. The lowest BCUT2D eigenvalue weighted by molar-refractivity contribution is -0.137. The third-order valence-corrected chi connectivity index (χ3v) is 5.92. The summed E-state index contributed by atoms with van der Waals surface area (Å²) in [4.78, 5) is 12.4. The highest BCUT2D eigenvalue weighted by atomic mass is 19.4. The summed E-state index contributed by atoms with van der Waals surface area (Å²) in [6, 6.07) is 12.6. The molecule has 6 heteroatoms. The van der Waals surface area contributed by atoms with Gasteiger partial charge < -0.3 is 10.6 Å². The average molecular weight is 477 g/mol. The second-order valence-electron chi connectivity index (χ2n) is 8.94. The lowest BCUT2D eigenvalue weighted by Crippen LogP contribution is -2.24. The number of hydrogen-bond donors (Lipinski definition) is 2. The predicted molar refractivity (Wildman–Crippen MR) is 133 cm³/mol. The highest BCUT2D eigenvalue weighted by molar-refractivity contribution is 5.94. The Morgan fingerprint density at radius 2 is 1.32 bits per heavy atom. The zero-order chi connectivity index (χ0) is 24.7. The van der Waals surface area contributed by atoms with Crippen molar-refractivity contribution in [1.29, 1.82) is 0 Å². The number of nitrogens with one attached hydrogen (secondary N) is 2. The van der Waals surface area contributed by atoms with E-state index in [4.69, 9.17) is 0 Å². The molecule has 0 radical (unpaired) electrons. The Bertz CT molecular complexity index is 852. The van der Waals surface area contributed by atoms with E-state index in [9.17, 15) is 18.0 Å². The topological polar surface area (TPSA) is 41.1 Å². The van der Waals surface area contributed by atoms with Crippen molar-refractivity contribution in [1.82, 2.24) is 10.6 Å². The van der Waals surface area contributed by atoms with E-state index in [2.05, 4.69) is 17.6 Å². The van der Waals surface area contributed by atoms with Crippen molar-refractivity contribution in [3.63, 3.8) is 0 Å². The second kappa shape index (κ2) is 15.5. The summed E-state index contributed by atoms with van der Waals surface area (Å²) in [5.41, 5.74) is 1.44. The van der Waals surface area contributed by atoms with Crippen LogP contribution in [-0.2, 0) is 19.3 Å². The lowest BCUT2D eigenvalue weighted by atomic mass is 10.1. The summed E-state index contributed by atoms with van der Waals surface area (Å²) in [6.45, 7) is 3.70. The maximum Gasteiger partial charge on any atom is 0.416 e. The molecule has 0 saturated carbocycles. The van der Waals surface area contributed by atoms with Crippen LogP contribution in [0.3, 0.4) is 0 Å². The Balaban J connectivity index is 1.63. The van der Waals surface area contributed by atoms with Crippen LogP contribution in [0, 0.1) is 0 Å². The van der Waals surface area contributed by atoms with Crippen LogP contribution in [0.2, 0.25) is 0 Å². The van der Waals surface area contributed by atoms with E-state index in [0.717, 1.165) is 30.5 Å². The monoisotopic (exact) mass is 476 g/mol. The molecule has 0 unspecified atom stereocenters. The lowest BCUT2D eigenvalue weighted by Gasteiger charge is -2.10. The fourth-order valence-corrected chi connectivity index (χ4v) is 3.95. The Kier molecular flexibility index (Phi) is 12.8. The Labute approximate surface area is 202 Å². The summed E-state index contributed by atoms with van der Waals surface area (Å²) in [6.07, 6.45) is 8.26. The molecule has 0 aliphatic heterocycles. The van der Waals surface area contributed by atoms with Gasteiger partial charge in [0.25, 0.3) is 5.91 Å². The van der Waals surface area contributed by atoms with Crippen LogP contribution < -0.4 is 10.6 Å². The van der Waals surface area contributed by atoms with Gasteiger partial charge >= 0.3 is 6.18 Å². The average Bonchev–Trinajstić information content (AvgIpc) is 2.82. The maximum atomic E-state index is 12.8. The molecule has 2 aromatic carbocycles. The van der Waals surface area contributed by atoms with Crippen molar-refractivity contribution >= 4 is 5.91 Å². The second-order valence-corrected chi connectivity index (χ2v) is 8.94. The molecular weight excluding hydrogens is 437 g/mol. The van der Waals surface area contributed by atoms with E-state index < -0.39 is 11.7 Å². The molecule has 0 fully saturated rings. The first kappa shape index (κ1) is 27.9. The maximum absolute atomic E-state index is 12.8. The Morgan fingerprint density at radius 3 is 1.94 bits per heavy atom. The molecule has 0 aromatic heterocycles. The molecule has 188 valence electrons. The number of carbonyl (C=O) groups is 1. The summed E-state index contributed by atoms with van der Waals surface area (Å²) in [7, 11) is 0. The van der Waals surface area contributed by atoms with Gasteiger partial charge in [-0.1, -0.05) is 95.0 Å². The van der Waals surface area contributed by atoms with Crippen LogP contribution in [0.4, 0.5) is 13.2 Å². The largest absolute Gasteiger partial charge is 0.416 e. The van der Waals surface area contributed by atoms with E-state index in [0.29, 0.717) is 30.8 Å². The number of benzene rings is 2. The number of halogens is 3. The predicted octanol–water partition coefficient (Wildman–Crippen LogP) is 7.65. The number of alkyl halides is 3. The van der Waals surface area contributed by atoms with Crippen LogP contribution in [0.25, 0.3) is 0 Å². The highest BCUT2D eigenvalue weighted by Crippen LogP contribution is 2.29. The molecule has 0 atom stereocenters. The van der Waals surface area contributed by atoms with E-state index >= 15 is 0 Å². The molecule has 0 saturated heterocycles. The zero-order valence-electron chi connectivity index (χ0n) is 20.4. The first-order valence-corrected chi connectivity index (χ1v) is 12.6. The smallest absolute Gasteiger partial charge is 0.352 e. The molecule has 0 bridgehead atoms. The van der Waals surface area contributed by atoms with Crippen molar-refractivity contribution < 1.29 is 18.0 Å². The molecular formula is C28H39F3N2O. The van der Waals surface area contributed by atoms with Crippen molar-refractivity contribution in [2.45, 2.75) is 90.4 Å². The van der Waals surface area contributed by atoms with Crippen molar-refractivity contribution in [3.8, 4) is 0 Å². The molecule has 0 spiro atoms. The van der Waals surface area contributed by atoms with Crippen LogP contribution >= 0.6 is 0 Å². The minimum absolute atomic E-state index is 0.0874. The van der Waals surface area contributed by atoms with E-state index in [1.165, 1.54) is 57.4 Å². The van der Waals surface area contributed by atoms with E-state index in [-0.39, 0.29) is 5.91 Å². The van der Waals surface area contributed by atoms with Crippen LogP contribution in [0.15, 0.2) is 48.5 Å². The molecule has 2 N–H and O–H groups in total. The Morgan fingerprint density at radius 1 is 0.765 bits per heavy atom. The SMILES string of the molecule is CCCCCCCCCCCCNC(=O)c1cccc(CNCc2cccc(C(F)(F)F)c2)c1. The standard InChI is InChI=1S/C28H39F3N2O/c1-2-3-4-5-6-7-8-9-10-11-18-33-27(34)25-16-12-14-23(19-25)21-32-22-24-15-13-17-26(20-24)28(29,30)31/h12-17,19-20,32H,2-11,18,21-22H2,1H3,(H,33,34). The van der Waals surface area contributed by atoms with Crippen molar-refractivity contribution in [3.05, 3.63) is 70.8 Å². The van der Waals surface area contributed by atoms with Gasteiger partial charge in [-0.15, -0.1) is 0 Å². The molecule has 0 heterocycles. The summed E-state index contributed by atoms with van der Waals surface area (Å²) in [5, 5.41) is 6.14. The number of amides is 1. The normalized spacial score (nSPS) is 11.5. The quantitative estimate of drug-likeness (QED) is 0.244. The van der Waals surface area contributed by atoms with Crippen LogP contribution in [0.1, 0.15) is 98.2 Å². The molecule has 3 nitrogen and oxygen atoms in total. The number of carbonyl (C=O) groups excluding carboxylic acids is 1. The molecule has 0 aliphatic rings. The first-order chi connectivity index (χ1) is 16.4. The van der Waals surface area contributed by atoms with Gasteiger partial charge in [0.1, 0.15) is 0 Å². The van der Waals surface area contributed by atoms with Gasteiger partial charge in [-0.25, -0.2) is 0 Å². The minimum Gasteiger partial charge on any atom is -0.352 e. The van der Waals surface area contributed by atoms with Crippen LogP contribution in [0.5, 0.6) is 0 Å². The van der Waals surface area contributed by atoms with Gasteiger partial charge in [0.05, 0.1) is 5.56 Å². The summed E-state index contributed by atoms with van der Waals surface area (Å²) < 4.78 is 38.5. The van der Waals surface area contributed by atoms with Crippen LogP contribution in [-0.4, -0.2) is 12.5 Å². The zero-order valence-corrected chi connectivity index (χ0v) is 20.4. The summed E-state index contributed by atoms with van der Waals surface area (Å²) in [5.74, 6) is -0.0874. The molecule has 1 amide bonds. The van der Waals surface area contributed by atoms with Gasteiger partial charge in [-0.05, 0) is 35.7 Å². The molecule has 2 rings (SSSR count). The van der Waals surface area contributed by atoms with E-state index in [1.807, 2.05) is 18.2 Å². The van der Waals surface area contributed by atoms with Gasteiger partial charge in [0.15, 0.2) is 0 Å². The summed E-state index contributed by atoms with van der Waals surface area (Å²) >= 11 is 0. The molecule has 34 heavy (non-hydrogen) atoms. The van der Waals surface area contributed by atoms with E-state index in [1.54, 1.807) is 12.1 Å². The van der Waals surface area contributed by atoms with Gasteiger partial charge in [-0.2, -0.15) is 13.2 Å². The third-order valence-electron chi connectivity index (χ3n) is 5.92. The molecule has 0 aliphatic carbocycles. The Hall–Kier alpha value is -2.34. The van der Waals surface area contributed by atoms with Crippen molar-refractivity contribution in [2.24, 2.45) is 0 Å². The molecule has 2 aromatic rings. The number of hydrogen-bond acceptors (Lipinski definition) is 2.